The third kappa shape index (κ3) is 5.86. The lowest BCUT2D eigenvalue weighted by molar-refractivity contribution is 0.0697. The van der Waals surface area contributed by atoms with Crippen LogP contribution in [0.5, 0.6) is 0 Å². The molecule has 0 radical (unpaired) electrons. The number of amides is 2. The van der Waals surface area contributed by atoms with Crippen LogP contribution in [0.15, 0.2) is 60.9 Å². The minimum Gasteiger partial charge on any atom is -0.478 e. The van der Waals surface area contributed by atoms with Crippen molar-refractivity contribution < 1.29 is 23.5 Å². The van der Waals surface area contributed by atoms with Crippen molar-refractivity contribution in [1.82, 2.24) is 20.0 Å². The average Bonchev–Trinajstić information content (AvgIpc) is 3.55. The zero-order valence-corrected chi connectivity index (χ0v) is 27.3. The highest BCUT2D eigenvalue weighted by Crippen LogP contribution is 2.45. The molecule has 2 amide bonds. The molecule has 0 spiro atoms. The van der Waals surface area contributed by atoms with Gasteiger partial charge in [0.15, 0.2) is 0 Å². The first-order chi connectivity index (χ1) is 23.2. The number of nitrogens with zero attached hydrogens (tertiary/aromatic N) is 5. The maximum absolute atomic E-state index is 14.7. The molecule has 48 heavy (non-hydrogen) atoms. The number of nitrogens with one attached hydrogen (secondary N) is 1. The van der Waals surface area contributed by atoms with E-state index in [0.717, 1.165) is 67.0 Å². The summed E-state index contributed by atoms with van der Waals surface area (Å²) < 4.78 is 31.0. The van der Waals surface area contributed by atoms with Gasteiger partial charge >= 0.3 is 12.0 Å². The minimum absolute atomic E-state index is 0.0142. The zero-order chi connectivity index (χ0) is 33.5. The number of carboxylic acid groups (broad SMARTS) is 1. The van der Waals surface area contributed by atoms with E-state index in [0.29, 0.717) is 42.7 Å². The third-order valence-corrected chi connectivity index (χ3v) is 10.2. The first-order valence-electron chi connectivity index (χ1n) is 16.6. The molecule has 3 aromatic carbocycles. The largest absolute Gasteiger partial charge is 0.478 e. The van der Waals surface area contributed by atoms with Gasteiger partial charge in [-0.15, -0.1) is 0 Å². The van der Waals surface area contributed by atoms with E-state index in [2.05, 4.69) is 32.3 Å². The Kier molecular flexibility index (Phi) is 8.53. The van der Waals surface area contributed by atoms with Crippen molar-refractivity contribution in [3.05, 3.63) is 94.3 Å². The summed E-state index contributed by atoms with van der Waals surface area (Å²) in [4.78, 5) is 30.8. The van der Waals surface area contributed by atoms with Crippen LogP contribution in [0.4, 0.5) is 30.6 Å². The normalized spacial score (nSPS) is 16.6. The number of anilines is 3. The molecule has 4 aromatic rings. The molecule has 0 bridgehead atoms. The average molecular weight is 655 g/mol. The molecule has 9 nitrogen and oxygen atoms in total. The van der Waals surface area contributed by atoms with Crippen LogP contribution in [0.25, 0.3) is 11.1 Å². The summed E-state index contributed by atoms with van der Waals surface area (Å²) in [5.74, 6) is -0.671. The molecule has 11 heteroatoms. The second-order valence-corrected chi connectivity index (χ2v) is 13.0. The van der Waals surface area contributed by atoms with Gasteiger partial charge in [-0.2, -0.15) is 5.10 Å². The van der Waals surface area contributed by atoms with E-state index in [-0.39, 0.29) is 17.5 Å². The quantitative estimate of drug-likeness (QED) is 0.235. The molecular formula is C37H40F2N6O3. The number of urea groups is 1. The molecule has 3 aliphatic rings. The molecule has 0 saturated carbocycles. The molecule has 3 aliphatic heterocycles. The lowest BCUT2D eigenvalue weighted by atomic mass is 9.84. The molecule has 2 N–H and O–H groups in total. The van der Waals surface area contributed by atoms with Gasteiger partial charge in [0.1, 0.15) is 0 Å². The van der Waals surface area contributed by atoms with Gasteiger partial charge in [-0.3, -0.25) is 4.68 Å². The lowest BCUT2D eigenvalue weighted by Crippen LogP contribution is -2.42. The fourth-order valence-corrected chi connectivity index (χ4v) is 7.75. The summed E-state index contributed by atoms with van der Waals surface area (Å²) in [5, 5.41) is 16.7. The van der Waals surface area contributed by atoms with Crippen LogP contribution in [-0.4, -0.2) is 65.0 Å². The Hall–Kier alpha value is -4.93. The van der Waals surface area contributed by atoms with Crippen LogP contribution < -0.4 is 15.1 Å². The van der Waals surface area contributed by atoms with Gasteiger partial charge in [0.2, 0.25) is 0 Å². The zero-order valence-electron chi connectivity index (χ0n) is 27.3. The predicted octanol–water partition coefficient (Wildman–Crippen LogP) is 6.89. The number of alkyl halides is 2. The Balaban J connectivity index is 1.27. The van der Waals surface area contributed by atoms with Gasteiger partial charge in [0, 0.05) is 75.5 Å². The number of carbonyl (C=O) groups excluding carboxylic acids is 1. The van der Waals surface area contributed by atoms with Crippen LogP contribution in [0.1, 0.15) is 69.8 Å². The number of halogens is 2. The number of hydrogen-bond donors (Lipinski definition) is 2. The fourth-order valence-electron chi connectivity index (χ4n) is 7.75. The van der Waals surface area contributed by atoms with Gasteiger partial charge in [-0.05, 0) is 96.2 Å². The molecule has 0 atom stereocenters. The number of para-hydroxylation sites is 1. The summed E-state index contributed by atoms with van der Waals surface area (Å²) in [6, 6.07) is 15.1. The molecule has 7 rings (SSSR count). The number of carbonyl (C=O) groups is 2. The van der Waals surface area contributed by atoms with Crippen molar-refractivity contribution in [3.63, 3.8) is 0 Å². The van der Waals surface area contributed by atoms with Crippen LogP contribution in [-0.2, 0) is 26.4 Å². The van der Waals surface area contributed by atoms with Crippen LogP contribution in [0.3, 0.4) is 0 Å². The van der Waals surface area contributed by atoms with Crippen molar-refractivity contribution >= 4 is 29.1 Å². The predicted molar refractivity (Wildman–Crippen MR) is 182 cm³/mol. The number of aryl methyl sites for hydroxylation is 2. The molecule has 250 valence electrons. The van der Waals surface area contributed by atoms with Crippen LogP contribution in [0, 0.1) is 0 Å². The Morgan fingerprint density at radius 2 is 1.75 bits per heavy atom. The van der Waals surface area contributed by atoms with E-state index in [1.165, 1.54) is 11.1 Å². The summed E-state index contributed by atoms with van der Waals surface area (Å²) in [5.41, 5.74) is 8.47. The third-order valence-electron chi connectivity index (χ3n) is 10.2. The fraction of sp³-hybridized carbons (Fsp3) is 0.378. The van der Waals surface area contributed by atoms with E-state index < -0.39 is 12.4 Å². The monoisotopic (exact) mass is 654 g/mol. The van der Waals surface area contributed by atoms with Crippen molar-refractivity contribution in [2.75, 3.05) is 43.0 Å². The molecule has 1 fully saturated rings. The number of aromatic nitrogens is 2. The number of benzene rings is 3. The van der Waals surface area contributed by atoms with Crippen molar-refractivity contribution in [1.29, 1.82) is 0 Å². The van der Waals surface area contributed by atoms with Gasteiger partial charge in [-0.25, -0.2) is 18.4 Å². The Labute approximate surface area is 278 Å². The molecule has 0 unspecified atom stereocenters. The Morgan fingerprint density at radius 1 is 0.958 bits per heavy atom. The number of rotatable bonds is 6. The van der Waals surface area contributed by atoms with E-state index in [1.807, 2.05) is 23.1 Å². The molecule has 1 saturated heterocycles. The van der Waals surface area contributed by atoms with Crippen molar-refractivity contribution in [2.45, 2.75) is 51.0 Å². The molecule has 0 aliphatic carbocycles. The molecule has 1 aromatic heterocycles. The van der Waals surface area contributed by atoms with E-state index in [4.69, 9.17) is 0 Å². The van der Waals surface area contributed by atoms with Crippen molar-refractivity contribution in [2.24, 2.45) is 7.05 Å². The second-order valence-electron chi connectivity index (χ2n) is 13.0. The van der Waals surface area contributed by atoms with E-state index in [1.54, 1.807) is 49.4 Å². The summed E-state index contributed by atoms with van der Waals surface area (Å²) in [6.07, 6.45) is 4.82. The SMILES string of the molecule is CNC(=O)N1CCc2cc(C3CCN(c4ccccc4C(=O)O)CC3)cc(N3CCCc4cc(-c5cnn(C)c5)c(C(F)F)cc43)c2C1. The highest BCUT2D eigenvalue weighted by Gasteiger charge is 2.32. The lowest BCUT2D eigenvalue weighted by Gasteiger charge is -2.39. The van der Waals surface area contributed by atoms with Crippen LogP contribution >= 0.6 is 0 Å². The summed E-state index contributed by atoms with van der Waals surface area (Å²) in [7, 11) is 3.42. The Bertz CT molecular complexity index is 1870. The van der Waals surface area contributed by atoms with E-state index in [9.17, 15) is 23.5 Å². The maximum Gasteiger partial charge on any atom is 0.337 e. The topological polar surface area (TPSA) is 93.9 Å². The first-order valence-corrected chi connectivity index (χ1v) is 16.6. The van der Waals surface area contributed by atoms with Gasteiger partial charge in [-0.1, -0.05) is 18.2 Å². The first kappa shape index (κ1) is 31.7. The van der Waals surface area contributed by atoms with Crippen molar-refractivity contribution in [3.8, 4) is 11.1 Å². The number of fused-ring (bicyclic) bond motifs is 2. The van der Waals surface area contributed by atoms with Gasteiger partial charge in [0.05, 0.1) is 17.4 Å². The number of aromatic carboxylic acids is 1. The molecule has 4 heterocycles. The van der Waals surface area contributed by atoms with Gasteiger partial charge < -0.3 is 25.1 Å². The van der Waals surface area contributed by atoms with E-state index >= 15 is 0 Å². The summed E-state index contributed by atoms with van der Waals surface area (Å²) in [6.45, 7) is 3.18. The number of hydrogen-bond acceptors (Lipinski definition) is 5. The van der Waals surface area contributed by atoms with Gasteiger partial charge in [0.25, 0.3) is 6.43 Å². The maximum atomic E-state index is 14.7. The highest BCUT2D eigenvalue weighted by molar-refractivity contribution is 5.94. The highest BCUT2D eigenvalue weighted by atomic mass is 19.3. The summed E-state index contributed by atoms with van der Waals surface area (Å²) >= 11 is 0. The smallest absolute Gasteiger partial charge is 0.337 e. The second kappa shape index (κ2) is 12.9. The standard InChI is InChI=1S/C37H40F2N6O3/c1-40-37(48)44-15-11-24-16-26(23-9-13-43(14-10-23)32-8-4-3-7-28(32)36(46)47)18-34(31(24)22-44)45-12-5-6-25-17-29(27-20-41-42(2)21-27)30(35(38)39)19-33(25)45/h3-4,7-8,16-21,23,35H,5-6,9-15,22H2,1-2H3,(H,40,48)(H,46,47). The Morgan fingerprint density at radius 3 is 2.46 bits per heavy atom. The van der Waals surface area contributed by atoms with Crippen LogP contribution in [0.2, 0.25) is 0 Å². The minimum atomic E-state index is -2.66. The molecular weight excluding hydrogens is 614 g/mol. The number of carboxylic acids is 1. The number of piperidine rings is 1.